The molecule has 0 saturated heterocycles. The standard InChI is InChI=1S/C23H20N2O6/c1-24-13-21(30-14-15-6-4-3-5-7-15)19(26)11-17(24)12-25-18-9-8-16(22(27)29-2)10-20(18)31-23(25)28/h3-11,13H,12,14H2,1-2H3. The van der Waals surface area contributed by atoms with Crippen molar-refractivity contribution in [1.29, 1.82) is 0 Å². The first-order valence-electron chi connectivity index (χ1n) is 9.54. The molecule has 4 rings (SSSR count). The number of rotatable bonds is 6. The second kappa shape index (κ2) is 8.35. The van der Waals surface area contributed by atoms with Gasteiger partial charge in [0, 0.05) is 18.8 Å². The molecule has 158 valence electrons. The average molecular weight is 420 g/mol. The molecule has 0 aliphatic rings. The van der Waals surface area contributed by atoms with Crippen molar-refractivity contribution < 1.29 is 18.7 Å². The van der Waals surface area contributed by atoms with Gasteiger partial charge in [-0.25, -0.2) is 9.59 Å². The summed E-state index contributed by atoms with van der Waals surface area (Å²) >= 11 is 0. The van der Waals surface area contributed by atoms with Crippen LogP contribution in [0.2, 0.25) is 0 Å². The molecule has 0 atom stereocenters. The highest BCUT2D eigenvalue weighted by Gasteiger charge is 2.15. The van der Waals surface area contributed by atoms with Crippen molar-refractivity contribution in [1.82, 2.24) is 9.13 Å². The van der Waals surface area contributed by atoms with Crippen LogP contribution < -0.4 is 15.9 Å². The van der Waals surface area contributed by atoms with E-state index in [-0.39, 0.29) is 35.5 Å². The van der Waals surface area contributed by atoms with Crippen molar-refractivity contribution in [3.63, 3.8) is 0 Å². The third-order valence-corrected chi connectivity index (χ3v) is 4.95. The molecule has 8 nitrogen and oxygen atoms in total. The lowest BCUT2D eigenvalue weighted by atomic mass is 10.2. The number of ether oxygens (including phenoxy) is 2. The van der Waals surface area contributed by atoms with Crippen molar-refractivity contribution in [3.05, 3.63) is 98.4 Å². The van der Waals surface area contributed by atoms with E-state index in [2.05, 4.69) is 0 Å². The van der Waals surface area contributed by atoms with Gasteiger partial charge in [-0.2, -0.15) is 0 Å². The minimum atomic E-state index is -0.589. The zero-order chi connectivity index (χ0) is 22.0. The molecule has 0 spiro atoms. The van der Waals surface area contributed by atoms with E-state index in [9.17, 15) is 14.4 Å². The molecule has 2 aromatic carbocycles. The molecule has 0 fully saturated rings. The first-order valence-corrected chi connectivity index (χ1v) is 9.54. The largest absolute Gasteiger partial charge is 0.483 e. The topological polar surface area (TPSA) is 92.7 Å². The SMILES string of the molecule is COC(=O)c1ccc2c(c1)oc(=O)n2Cc1cc(=O)c(OCc2ccccc2)cn1C. The second-order valence-electron chi connectivity index (χ2n) is 7.01. The number of pyridine rings is 1. The number of benzene rings is 2. The van der Waals surface area contributed by atoms with Gasteiger partial charge >= 0.3 is 11.7 Å². The highest BCUT2D eigenvalue weighted by molar-refractivity contribution is 5.93. The summed E-state index contributed by atoms with van der Waals surface area (Å²) in [4.78, 5) is 36.6. The summed E-state index contributed by atoms with van der Waals surface area (Å²) in [7, 11) is 3.05. The molecule has 2 aromatic heterocycles. The molecule has 31 heavy (non-hydrogen) atoms. The van der Waals surface area contributed by atoms with Gasteiger partial charge in [-0.15, -0.1) is 0 Å². The van der Waals surface area contributed by atoms with Crippen LogP contribution in [0.4, 0.5) is 0 Å². The molecule has 0 unspecified atom stereocenters. The third kappa shape index (κ3) is 4.13. The van der Waals surface area contributed by atoms with Crippen LogP contribution in [0.5, 0.6) is 5.75 Å². The Balaban J connectivity index is 1.61. The Bertz CT molecular complexity index is 1360. The van der Waals surface area contributed by atoms with Crippen LogP contribution >= 0.6 is 0 Å². The van der Waals surface area contributed by atoms with Crippen LogP contribution in [0.25, 0.3) is 11.1 Å². The quantitative estimate of drug-likeness (QED) is 0.446. The summed E-state index contributed by atoms with van der Waals surface area (Å²) < 4.78 is 18.8. The number of esters is 1. The van der Waals surface area contributed by atoms with Crippen LogP contribution in [0.15, 0.2) is 74.8 Å². The van der Waals surface area contributed by atoms with Gasteiger partial charge < -0.3 is 18.5 Å². The fraction of sp³-hybridized carbons (Fsp3) is 0.174. The van der Waals surface area contributed by atoms with Crippen LogP contribution in [0, 0.1) is 0 Å². The number of hydrogen-bond donors (Lipinski definition) is 0. The smallest absolute Gasteiger partial charge is 0.420 e. The Morgan fingerprint density at radius 3 is 2.58 bits per heavy atom. The van der Waals surface area contributed by atoms with Crippen molar-refractivity contribution in [2.24, 2.45) is 7.05 Å². The van der Waals surface area contributed by atoms with E-state index in [1.807, 2.05) is 30.3 Å². The molecule has 0 bridgehead atoms. The Morgan fingerprint density at radius 2 is 1.84 bits per heavy atom. The lowest BCUT2D eigenvalue weighted by molar-refractivity contribution is 0.0600. The maximum Gasteiger partial charge on any atom is 0.420 e. The third-order valence-electron chi connectivity index (χ3n) is 4.95. The monoisotopic (exact) mass is 420 g/mol. The molecule has 0 saturated carbocycles. The minimum absolute atomic E-state index is 0.119. The van der Waals surface area contributed by atoms with Crippen molar-refractivity contribution >= 4 is 17.1 Å². The summed E-state index contributed by atoms with van der Waals surface area (Å²) in [5.74, 6) is -0.887. The first-order chi connectivity index (χ1) is 15.0. The Hall–Kier alpha value is -4.07. The molecule has 0 amide bonds. The Kier molecular flexibility index (Phi) is 5.44. The summed E-state index contributed by atoms with van der Waals surface area (Å²) in [5.41, 5.74) is 2.33. The molecule has 0 aliphatic carbocycles. The normalized spacial score (nSPS) is 10.9. The molecule has 2 heterocycles. The maximum absolute atomic E-state index is 12.5. The molecule has 0 radical (unpaired) electrons. The molecule has 0 aliphatic heterocycles. The number of methoxy groups -OCH3 is 1. The number of nitrogens with zero attached hydrogens (tertiary/aromatic N) is 2. The Morgan fingerprint density at radius 1 is 1.06 bits per heavy atom. The van der Waals surface area contributed by atoms with E-state index in [0.29, 0.717) is 11.2 Å². The van der Waals surface area contributed by atoms with Crippen molar-refractivity contribution in [3.8, 4) is 5.75 Å². The predicted molar refractivity (Wildman–Crippen MR) is 113 cm³/mol. The zero-order valence-corrected chi connectivity index (χ0v) is 17.0. The lowest BCUT2D eigenvalue weighted by Gasteiger charge is -2.12. The molecular weight excluding hydrogens is 400 g/mol. The van der Waals surface area contributed by atoms with Gasteiger partial charge in [-0.3, -0.25) is 9.36 Å². The second-order valence-corrected chi connectivity index (χ2v) is 7.01. The van der Waals surface area contributed by atoms with Crippen LogP contribution in [-0.2, 0) is 24.9 Å². The fourth-order valence-electron chi connectivity index (χ4n) is 3.27. The summed E-state index contributed by atoms with van der Waals surface area (Å²) in [6.45, 7) is 0.401. The molecule has 8 heteroatoms. The number of aryl methyl sites for hydroxylation is 1. The summed E-state index contributed by atoms with van der Waals surface area (Å²) in [6, 6.07) is 15.6. The predicted octanol–water partition coefficient (Wildman–Crippen LogP) is 2.71. The van der Waals surface area contributed by atoms with Crippen LogP contribution in [0.3, 0.4) is 0 Å². The zero-order valence-electron chi connectivity index (χ0n) is 17.0. The van der Waals surface area contributed by atoms with Crippen LogP contribution in [-0.4, -0.2) is 22.2 Å². The van der Waals surface area contributed by atoms with Gasteiger partial charge in [-0.05, 0) is 23.8 Å². The van der Waals surface area contributed by atoms with Crippen LogP contribution in [0.1, 0.15) is 21.6 Å². The molecule has 4 aromatic rings. The van der Waals surface area contributed by atoms with Crippen molar-refractivity contribution in [2.75, 3.05) is 7.11 Å². The van der Waals surface area contributed by atoms with Gasteiger partial charge in [0.15, 0.2) is 11.3 Å². The van der Waals surface area contributed by atoms with Gasteiger partial charge in [0.1, 0.15) is 6.61 Å². The van der Waals surface area contributed by atoms with E-state index in [0.717, 1.165) is 5.56 Å². The average Bonchev–Trinajstić information content (AvgIpc) is 3.09. The number of oxazole rings is 1. The first kappa shape index (κ1) is 20.2. The highest BCUT2D eigenvalue weighted by atomic mass is 16.5. The minimum Gasteiger partial charge on any atom is -0.483 e. The summed E-state index contributed by atoms with van der Waals surface area (Å²) in [5, 5.41) is 0. The maximum atomic E-state index is 12.5. The van der Waals surface area contributed by atoms with Gasteiger partial charge in [0.05, 0.1) is 30.9 Å². The number of hydrogen-bond acceptors (Lipinski definition) is 6. The van der Waals surface area contributed by atoms with Gasteiger partial charge in [0.2, 0.25) is 5.43 Å². The number of fused-ring (bicyclic) bond motifs is 1. The highest BCUT2D eigenvalue weighted by Crippen LogP contribution is 2.17. The van der Waals surface area contributed by atoms with E-state index < -0.39 is 11.7 Å². The summed E-state index contributed by atoms with van der Waals surface area (Å²) in [6.07, 6.45) is 1.60. The number of carbonyl (C=O) groups excluding carboxylic acids is 1. The van der Waals surface area contributed by atoms with Gasteiger partial charge in [-0.1, -0.05) is 30.3 Å². The van der Waals surface area contributed by atoms with E-state index in [4.69, 9.17) is 13.9 Å². The fourth-order valence-corrected chi connectivity index (χ4v) is 3.27. The lowest BCUT2D eigenvalue weighted by Crippen LogP contribution is -2.20. The Labute approximate surface area is 176 Å². The van der Waals surface area contributed by atoms with Crippen molar-refractivity contribution in [2.45, 2.75) is 13.2 Å². The van der Waals surface area contributed by atoms with E-state index in [1.54, 1.807) is 29.9 Å². The van der Waals surface area contributed by atoms with E-state index in [1.165, 1.54) is 23.8 Å². The molecular formula is C23H20N2O6. The number of carbonyl (C=O) groups is 1. The molecule has 0 N–H and O–H groups in total. The number of aromatic nitrogens is 2. The van der Waals surface area contributed by atoms with E-state index >= 15 is 0 Å². The van der Waals surface area contributed by atoms with Gasteiger partial charge in [0.25, 0.3) is 0 Å².